The van der Waals surface area contributed by atoms with Gasteiger partial charge in [-0.15, -0.1) is 0 Å². The molecule has 3 heterocycles. The number of amides is 2. The van der Waals surface area contributed by atoms with Crippen LogP contribution in [0.5, 0.6) is 0 Å². The summed E-state index contributed by atoms with van der Waals surface area (Å²) < 4.78 is 0. The molecule has 32 heavy (non-hydrogen) atoms. The second-order valence-corrected chi connectivity index (χ2v) is 8.69. The van der Waals surface area contributed by atoms with Crippen molar-refractivity contribution in [1.82, 2.24) is 14.9 Å². The fourth-order valence-electron chi connectivity index (χ4n) is 4.12. The highest BCUT2D eigenvalue weighted by Gasteiger charge is 2.32. The molecule has 164 valence electrons. The van der Waals surface area contributed by atoms with Crippen molar-refractivity contribution in [3.8, 4) is 0 Å². The van der Waals surface area contributed by atoms with Crippen LogP contribution in [0.3, 0.4) is 0 Å². The summed E-state index contributed by atoms with van der Waals surface area (Å²) in [5.74, 6) is 0.330. The zero-order valence-electron chi connectivity index (χ0n) is 18.6. The maximum Gasteiger partial charge on any atom is 0.259 e. The number of nitrogens with zero attached hydrogens (tertiary/aromatic N) is 3. The van der Waals surface area contributed by atoms with Gasteiger partial charge in [0.2, 0.25) is 5.91 Å². The second kappa shape index (κ2) is 8.78. The number of nitrogens with one attached hydrogen (secondary N) is 2. The minimum absolute atomic E-state index is 0.0541. The first-order valence-electron chi connectivity index (χ1n) is 10.6. The number of hydrogen-bond acceptors (Lipinski definition) is 5. The zero-order valence-corrected chi connectivity index (χ0v) is 18.6. The molecule has 0 saturated heterocycles. The van der Waals surface area contributed by atoms with Crippen LogP contribution in [0, 0.1) is 0 Å². The largest absolute Gasteiger partial charge is 0.365 e. The van der Waals surface area contributed by atoms with Gasteiger partial charge in [-0.05, 0) is 53.1 Å². The number of carbonyl (C=O) groups excluding carboxylic acids is 2. The van der Waals surface area contributed by atoms with Crippen molar-refractivity contribution in [3.05, 3.63) is 83.3 Å². The SMILES string of the molecule is CC(=O)N1Cc2cc(NC(=O)c3cccnc3NCc3ccncc3)ccc2C(C)(C)C1. The van der Waals surface area contributed by atoms with Gasteiger partial charge < -0.3 is 15.5 Å². The van der Waals surface area contributed by atoms with E-state index in [0.717, 1.165) is 11.1 Å². The Hall–Kier alpha value is -3.74. The smallest absolute Gasteiger partial charge is 0.259 e. The van der Waals surface area contributed by atoms with Crippen LogP contribution in [0.1, 0.15) is 47.8 Å². The van der Waals surface area contributed by atoms with E-state index < -0.39 is 0 Å². The van der Waals surface area contributed by atoms with E-state index >= 15 is 0 Å². The Balaban J connectivity index is 1.53. The van der Waals surface area contributed by atoms with Crippen molar-refractivity contribution in [2.75, 3.05) is 17.2 Å². The van der Waals surface area contributed by atoms with Crippen LogP contribution in [0.15, 0.2) is 61.1 Å². The third-order valence-corrected chi connectivity index (χ3v) is 5.75. The van der Waals surface area contributed by atoms with Crippen molar-refractivity contribution in [2.24, 2.45) is 0 Å². The van der Waals surface area contributed by atoms with Crippen LogP contribution in [-0.4, -0.2) is 33.2 Å². The molecule has 0 spiro atoms. The Kier molecular flexibility index (Phi) is 5.90. The van der Waals surface area contributed by atoms with E-state index in [0.29, 0.717) is 36.7 Å². The zero-order chi connectivity index (χ0) is 22.7. The van der Waals surface area contributed by atoms with Gasteiger partial charge in [0.15, 0.2) is 0 Å². The van der Waals surface area contributed by atoms with Crippen LogP contribution in [-0.2, 0) is 23.3 Å². The van der Waals surface area contributed by atoms with Gasteiger partial charge in [0.25, 0.3) is 5.91 Å². The molecule has 3 aromatic rings. The molecule has 0 unspecified atom stereocenters. The van der Waals surface area contributed by atoms with E-state index in [2.05, 4.69) is 34.4 Å². The van der Waals surface area contributed by atoms with Gasteiger partial charge in [-0.3, -0.25) is 14.6 Å². The molecule has 0 radical (unpaired) electrons. The summed E-state index contributed by atoms with van der Waals surface area (Å²) in [4.78, 5) is 35.2. The lowest BCUT2D eigenvalue weighted by molar-refractivity contribution is -0.130. The molecule has 7 heteroatoms. The monoisotopic (exact) mass is 429 g/mol. The summed E-state index contributed by atoms with van der Waals surface area (Å²) in [7, 11) is 0. The summed E-state index contributed by atoms with van der Waals surface area (Å²) >= 11 is 0. The van der Waals surface area contributed by atoms with Crippen LogP contribution < -0.4 is 10.6 Å². The first kappa shape index (κ1) is 21.5. The Morgan fingerprint density at radius 2 is 1.88 bits per heavy atom. The Morgan fingerprint density at radius 1 is 1.09 bits per heavy atom. The molecule has 2 aromatic heterocycles. The molecule has 7 nitrogen and oxygen atoms in total. The number of fused-ring (bicyclic) bond motifs is 1. The van der Waals surface area contributed by atoms with Gasteiger partial charge in [-0.2, -0.15) is 0 Å². The van der Waals surface area contributed by atoms with E-state index in [1.165, 1.54) is 5.56 Å². The Morgan fingerprint density at radius 3 is 2.62 bits per heavy atom. The first-order chi connectivity index (χ1) is 15.3. The summed E-state index contributed by atoms with van der Waals surface area (Å²) in [6, 6.07) is 13.2. The molecule has 1 aliphatic rings. The maximum atomic E-state index is 13.0. The van der Waals surface area contributed by atoms with Gasteiger partial charge in [0.1, 0.15) is 5.82 Å². The lowest BCUT2D eigenvalue weighted by Gasteiger charge is -2.39. The summed E-state index contributed by atoms with van der Waals surface area (Å²) in [5, 5.41) is 6.22. The highest BCUT2D eigenvalue weighted by Crippen LogP contribution is 2.35. The molecule has 2 amide bonds. The van der Waals surface area contributed by atoms with Gasteiger partial charge in [-0.25, -0.2) is 4.98 Å². The number of hydrogen-bond donors (Lipinski definition) is 2. The van der Waals surface area contributed by atoms with Crippen molar-refractivity contribution in [1.29, 1.82) is 0 Å². The number of pyridine rings is 2. The molecule has 4 rings (SSSR count). The van der Waals surface area contributed by atoms with E-state index in [9.17, 15) is 9.59 Å². The van der Waals surface area contributed by atoms with Gasteiger partial charge in [0, 0.05) is 56.3 Å². The molecular weight excluding hydrogens is 402 g/mol. The topological polar surface area (TPSA) is 87.2 Å². The quantitative estimate of drug-likeness (QED) is 0.641. The number of benzene rings is 1. The third kappa shape index (κ3) is 4.61. The fourth-order valence-corrected chi connectivity index (χ4v) is 4.12. The van der Waals surface area contributed by atoms with Crippen molar-refractivity contribution < 1.29 is 9.59 Å². The average molecular weight is 430 g/mol. The van der Waals surface area contributed by atoms with Crippen molar-refractivity contribution in [3.63, 3.8) is 0 Å². The minimum atomic E-state index is -0.242. The second-order valence-electron chi connectivity index (χ2n) is 8.69. The average Bonchev–Trinajstić information content (AvgIpc) is 2.77. The molecule has 0 fully saturated rings. The van der Waals surface area contributed by atoms with Gasteiger partial charge in [-0.1, -0.05) is 19.9 Å². The first-order valence-corrected chi connectivity index (χ1v) is 10.6. The summed E-state index contributed by atoms with van der Waals surface area (Å²) in [6.07, 6.45) is 5.12. The maximum absolute atomic E-state index is 13.0. The predicted octanol–water partition coefficient (Wildman–Crippen LogP) is 3.98. The lowest BCUT2D eigenvalue weighted by atomic mass is 9.78. The Labute approximate surface area is 187 Å². The molecule has 0 saturated carbocycles. The number of aromatic nitrogens is 2. The molecule has 0 atom stereocenters. The van der Waals surface area contributed by atoms with E-state index in [-0.39, 0.29) is 17.2 Å². The van der Waals surface area contributed by atoms with Crippen molar-refractivity contribution >= 4 is 23.3 Å². The molecule has 1 aromatic carbocycles. The fraction of sp³-hybridized carbons (Fsp3) is 0.280. The molecular formula is C25H27N5O2. The van der Waals surface area contributed by atoms with Crippen molar-refractivity contribution in [2.45, 2.75) is 39.3 Å². The van der Waals surface area contributed by atoms with E-state index in [1.807, 2.05) is 35.2 Å². The van der Waals surface area contributed by atoms with Gasteiger partial charge >= 0.3 is 0 Å². The highest BCUT2D eigenvalue weighted by molar-refractivity contribution is 6.07. The standard InChI is InChI=1S/C25H27N5O2/c1-17(31)30-15-19-13-20(6-7-22(19)25(2,3)16-30)29-24(32)21-5-4-10-27-23(21)28-14-18-8-11-26-12-9-18/h4-13H,14-16H2,1-3H3,(H,27,28)(H,29,32). The van der Waals surface area contributed by atoms with Crippen LogP contribution in [0.2, 0.25) is 0 Å². The predicted molar refractivity (Wildman–Crippen MR) is 124 cm³/mol. The van der Waals surface area contributed by atoms with Gasteiger partial charge in [0.05, 0.1) is 5.56 Å². The highest BCUT2D eigenvalue weighted by atomic mass is 16.2. The lowest BCUT2D eigenvalue weighted by Crippen LogP contribution is -2.44. The number of carbonyl (C=O) groups is 2. The molecule has 0 aliphatic carbocycles. The molecule has 0 bridgehead atoms. The Bertz CT molecular complexity index is 1140. The van der Waals surface area contributed by atoms with E-state index in [1.54, 1.807) is 37.6 Å². The number of anilines is 2. The third-order valence-electron chi connectivity index (χ3n) is 5.75. The van der Waals surface area contributed by atoms with Crippen LogP contribution in [0.25, 0.3) is 0 Å². The minimum Gasteiger partial charge on any atom is -0.365 e. The van der Waals surface area contributed by atoms with E-state index in [4.69, 9.17) is 0 Å². The molecule has 1 aliphatic heterocycles. The van der Waals surface area contributed by atoms with Crippen LogP contribution >= 0.6 is 0 Å². The normalized spacial score (nSPS) is 14.4. The summed E-state index contributed by atoms with van der Waals surface area (Å²) in [6.45, 7) is 7.63. The number of rotatable bonds is 5. The molecule has 2 N–H and O–H groups in total. The summed E-state index contributed by atoms with van der Waals surface area (Å²) in [5.41, 5.74) is 4.31. The van der Waals surface area contributed by atoms with Crippen LogP contribution in [0.4, 0.5) is 11.5 Å².